The summed E-state index contributed by atoms with van der Waals surface area (Å²) in [5, 5.41) is 6.03. The van der Waals surface area contributed by atoms with Crippen LogP contribution in [-0.2, 0) is 13.0 Å². The maximum Gasteiger partial charge on any atom is 0.274 e. The van der Waals surface area contributed by atoms with Crippen molar-refractivity contribution in [1.82, 2.24) is 4.98 Å². The Kier molecular flexibility index (Phi) is 4.91. The number of nitrogens with zero attached hydrogens (tertiary/aromatic N) is 1. The summed E-state index contributed by atoms with van der Waals surface area (Å²) in [5.41, 5.74) is 3.20. The normalized spacial score (nSPS) is 10.4. The lowest BCUT2D eigenvalue weighted by molar-refractivity contribution is 0.102. The molecule has 5 nitrogen and oxygen atoms in total. The van der Waals surface area contributed by atoms with Crippen LogP contribution in [0.5, 0.6) is 0 Å². The second-order valence-corrected chi connectivity index (χ2v) is 5.37. The van der Waals surface area contributed by atoms with Gasteiger partial charge < -0.3 is 15.1 Å². The highest BCUT2D eigenvalue weighted by molar-refractivity contribution is 6.02. The molecular weight excluding hydrogens is 302 g/mol. The van der Waals surface area contributed by atoms with E-state index in [4.69, 9.17) is 4.42 Å². The molecule has 0 bridgehead atoms. The first-order valence-corrected chi connectivity index (χ1v) is 7.87. The molecule has 0 atom stereocenters. The Hall–Kier alpha value is -3.08. The number of hydrogen-bond donors (Lipinski definition) is 2. The van der Waals surface area contributed by atoms with E-state index in [1.54, 1.807) is 18.5 Å². The molecule has 0 aliphatic carbocycles. The molecule has 0 saturated carbocycles. The Morgan fingerprint density at radius 1 is 1.08 bits per heavy atom. The highest BCUT2D eigenvalue weighted by Gasteiger charge is 2.08. The lowest BCUT2D eigenvalue weighted by Gasteiger charge is -2.07. The molecule has 2 aromatic heterocycles. The zero-order valence-electron chi connectivity index (χ0n) is 13.5. The molecule has 0 saturated heterocycles. The van der Waals surface area contributed by atoms with E-state index in [0.29, 0.717) is 12.2 Å². The number of furan rings is 1. The SMILES string of the molecule is CCc1ccc(NC(=O)c2ccc(NCc3ccco3)cn2)cc1. The Bertz CT molecular complexity index is 778. The second kappa shape index (κ2) is 7.46. The van der Waals surface area contributed by atoms with Gasteiger partial charge in [-0.25, -0.2) is 4.98 Å². The van der Waals surface area contributed by atoms with Crippen LogP contribution in [0.3, 0.4) is 0 Å². The summed E-state index contributed by atoms with van der Waals surface area (Å²) in [6.07, 6.45) is 4.25. The van der Waals surface area contributed by atoms with E-state index >= 15 is 0 Å². The van der Waals surface area contributed by atoms with Crippen LogP contribution in [0.25, 0.3) is 0 Å². The summed E-state index contributed by atoms with van der Waals surface area (Å²) in [4.78, 5) is 16.4. The smallest absolute Gasteiger partial charge is 0.274 e. The number of anilines is 2. The number of carbonyl (C=O) groups is 1. The van der Waals surface area contributed by atoms with Crippen LogP contribution in [0, 0.1) is 0 Å². The van der Waals surface area contributed by atoms with Gasteiger partial charge in [0.05, 0.1) is 24.7 Å². The van der Waals surface area contributed by atoms with Gasteiger partial charge in [0.1, 0.15) is 11.5 Å². The summed E-state index contributed by atoms with van der Waals surface area (Å²) >= 11 is 0. The molecule has 1 amide bonds. The lowest BCUT2D eigenvalue weighted by atomic mass is 10.1. The van der Waals surface area contributed by atoms with Crippen LogP contribution >= 0.6 is 0 Å². The van der Waals surface area contributed by atoms with Crippen LogP contribution in [0.15, 0.2) is 65.4 Å². The molecule has 3 aromatic rings. The molecule has 0 fully saturated rings. The van der Waals surface area contributed by atoms with E-state index in [1.807, 2.05) is 42.5 Å². The van der Waals surface area contributed by atoms with Crippen molar-refractivity contribution in [1.29, 1.82) is 0 Å². The molecule has 2 heterocycles. The van der Waals surface area contributed by atoms with Crippen molar-refractivity contribution in [3.05, 3.63) is 78.0 Å². The van der Waals surface area contributed by atoms with E-state index in [9.17, 15) is 4.79 Å². The van der Waals surface area contributed by atoms with Gasteiger partial charge in [0.2, 0.25) is 0 Å². The third-order valence-corrected chi connectivity index (χ3v) is 3.66. The van der Waals surface area contributed by atoms with Gasteiger partial charge in [-0.2, -0.15) is 0 Å². The highest BCUT2D eigenvalue weighted by atomic mass is 16.3. The van der Waals surface area contributed by atoms with E-state index in [-0.39, 0.29) is 5.91 Å². The molecule has 0 spiro atoms. The maximum absolute atomic E-state index is 12.2. The van der Waals surface area contributed by atoms with Crippen molar-refractivity contribution in [2.75, 3.05) is 10.6 Å². The third-order valence-electron chi connectivity index (χ3n) is 3.66. The van der Waals surface area contributed by atoms with Gasteiger partial charge in [-0.05, 0) is 48.4 Å². The van der Waals surface area contributed by atoms with Crippen molar-refractivity contribution in [2.45, 2.75) is 19.9 Å². The number of benzene rings is 1. The predicted molar refractivity (Wildman–Crippen MR) is 94.0 cm³/mol. The number of amides is 1. The van der Waals surface area contributed by atoms with Crippen LogP contribution in [0.1, 0.15) is 28.7 Å². The highest BCUT2D eigenvalue weighted by Crippen LogP contribution is 2.13. The van der Waals surface area contributed by atoms with Crippen LogP contribution in [-0.4, -0.2) is 10.9 Å². The van der Waals surface area contributed by atoms with Crippen molar-refractivity contribution >= 4 is 17.3 Å². The van der Waals surface area contributed by atoms with Crippen molar-refractivity contribution in [3.63, 3.8) is 0 Å². The Balaban J connectivity index is 1.58. The first-order valence-electron chi connectivity index (χ1n) is 7.87. The second-order valence-electron chi connectivity index (χ2n) is 5.37. The molecular formula is C19H19N3O2. The molecule has 5 heteroatoms. The fourth-order valence-corrected chi connectivity index (χ4v) is 2.25. The van der Waals surface area contributed by atoms with Gasteiger partial charge in [-0.15, -0.1) is 0 Å². The summed E-state index contributed by atoms with van der Waals surface area (Å²) in [6.45, 7) is 2.67. The topological polar surface area (TPSA) is 67.2 Å². The molecule has 2 N–H and O–H groups in total. The summed E-state index contributed by atoms with van der Waals surface area (Å²) in [6, 6.07) is 15.1. The third kappa shape index (κ3) is 4.01. The quantitative estimate of drug-likeness (QED) is 0.717. The van der Waals surface area contributed by atoms with Gasteiger partial charge in [0.15, 0.2) is 0 Å². The van der Waals surface area contributed by atoms with E-state index < -0.39 is 0 Å². The zero-order chi connectivity index (χ0) is 16.8. The number of aryl methyl sites for hydroxylation is 1. The van der Waals surface area contributed by atoms with Gasteiger partial charge >= 0.3 is 0 Å². The number of carbonyl (C=O) groups excluding carboxylic acids is 1. The van der Waals surface area contributed by atoms with E-state index in [0.717, 1.165) is 23.6 Å². The van der Waals surface area contributed by atoms with Gasteiger partial charge in [-0.3, -0.25) is 4.79 Å². The molecule has 0 radical (unpaired) electrons. The minimum Gasteiger partial charge on any atom is -0.467 e. The van der Waals surface area contributed by atoms with Gasteiger partial charge in [-0.1, -0.05) is 19.1 Å². The first-order chi connectivity index (χ1) is 11.7. The van der Waals surface area contributed by atoms with Gasteiger partial charge in [0, 0.05) is 5.69 Å². The number of aromatic nitrogens is 1. The summed E-state index contributed by atoms with van der Waals surface area (Å²) in [5.74, 6) is 0.615. The number of nitrogens with one attached hydrogen (secondary N) is 2. The van der Waals surface area contributed by atoms with Crippen molar-refractivity contribution in [2.24, 2.45) is 0 Å². The Morgan fingerprint density at radius 2 is 1.88 bits per heavy atom. The fourth-order valence-electron chi connectivity index (χ4n) is 2.25. The first kappa shape index (κ1) is 15.8. The minimum atomic E-state index is -0.225. The van der Waals surface area contributed by atoms with Crippen LogP contribution in [0.2, 0.25) is 0 Å². The maximum atomic E-state index is 12.2. The largest absolute Gasteiger partial charge is 0.467 e. The Labute approximate surface area is 140 Å². The molecule has 24 heavy (non-hydrogen) atoms. The monoisotopic (exact) mass is 321 g/mol. The van der Waals surface area contributed by atoms with Crippen LogP contribution < -0.4 is 10.6 Å². The van der Waals surface area contributed by atoms with E-state index in [2.05, 4.69) is 22.5 Å². The molecule has 3 rings (SSSR count). The molecule has 0 aliphatic heterocycles. The number of pyridine rings is 1. The average molecular weight is 321 g/mol. The standard InChI is InChI=1S/C19H19N3O2/c1-2-14-5-7-15(8-6-14)22-19(23)18-10-9-16(12-21-18)20-13-17-4-3-11-24-17/h3-12,20H,2,13H2,1H3,(H,22,23). The van der Waals surface area contributed by atoms with Crippen molar-refractivity contribution in [3.8, 4) is 0 Å². The molecule has 122 valence electrons. The summed E-state index contributed by atoms with van der Waals surface area (Å²) < 4.78 is 5.25. The lowest BCUT2D eigenvalue weighted by Crippen LogP contribution is -2.13. The molecule has 0 unspecified atom stereocenters. The van der Waals surface area contributed by atoms with Crippen LogP contribution in [0.4, 0.5) is 11.4 Å². The fraction of sp³-hybridized carbons (Fsp3) is 0.158. The molecule has 0 aliphatic rings. The summed E-state index contributed by atoms with van der Waals surface area (Å²) in [7, 11) is 0. The zero-order valence-corrected chi connectivity index (χ0v) is 13.5. The average Bonchev–Trinajstić information content (AvgIpc) is 3.14. The van der Waals surface area contributed by atoms with Gasteiger partial charge in [0.25, 0.3) is 5.91 Å². The molecule has 1 aromatic carbocycles. The number of hydrogen-bond acceptors (Lipinski definition) is 4. The minimum absolute atomic E-state index is 0.225. The van der Waals surface area contributed by atoms with Crippen molar-refractivity contribution < 1.29 is 9.21 Å². The Morgan fingerprint density at radius 3 is 2.50 bits per heavy atom. The number of rotatable bonds is 6. The van der Waals surface area contributed by atoms with E-state index in [1.165, 1.54) is 5.56 Å². The predicted octanol–water partition coefficient (Wildman–Crippen LogP) is 4.10.